The summed E-state index contributed by atoms with van der Waals surface area (Å²) in [4.78, 5) is 101. The van der Waals surface area contributed by atoms with E-state index in [0.717, 1.165) is 29.2 Å². The number of phenols is 2. The summed E-state index contributed by atoms with van der Waals surface area (Å²) >= 11 is 2.93. The number of ether oxygens (including phenoxy) is 4. The van der Waals surface area contributed by atoms with Crippen LogP contribution in [0.1, 0.15) is 93.8 Å². The number of benzene rings is 5. The first-order chi connectivity index (χ1) is 45.4. The Morgan fingerprint density at radius 3 is 1.37 bits per heavy atom. The Morgan fingerprint density at radius 2 is 0.929 bits per heavy atom. The zero-order valence-corrected chi connectivity index (χ0v) is 60.2. The molecule has 5 amide bonds. The first-order valence-electron chi connectivity index (χ1n) is 30.7. The molecule has 7 rings (SSSR count). The number of Topliss-reactive ketones (excluding diaryl/α,β-unsaturated/α-hetero) is 1. The molecule has 520 valence electrons. The van der Waals surface area contributed by atoms with Gasteiger partial charge in [0, 0.05) is 87.4 Å². The van der Waals surface area contributed by atoms with Gasteiger partial charge in [0.05, 0.1) is 48.9 Å². The number of nitrogens with one attached hydrogen (secondary N) is 5. The maximum absolute atomic E-state index is 13.0. The Labute approximate surface area is 618 Å². The monoisotopic (exact) mass is 1420 g/mol. The smallest absolute Gasteiger partial charge is 0.870 e. The number of carbonyl (C=O) groups excluding carboxylic acids is 8. The van der Waals surface area contributed by atoms with Gasteiger partial charge in [0.15, 0.2) is 5.78 Å². The van der Waals surface area contributed by atoms with Gasteiger partial charge in [-0.05, 0) is 119 Å². The average molecular weight is 1420 g/mol. The van der Waals surface area contributed by atoms with Crippen LogP contribution in [0.3, 0.4) is 0 Å². The second-order valence-electron chi connectivity index (χ2n) is 22.8. The molecule has 2 heterocycles. The van der Waals surface area contributed by atoms with Gasteiger partial charge < -0.3 is 107 Å². The molecule has 98 heavy (non-hydrogen) atoms. The van der Waals surface area contributed by atoms with Crippen molar-refractivity contribution in [3.8, 4) is 33.8 Å². The second kappa shape index (κ2) is 41.1. The van der Waals surface area contributed by atoms with Crippen molar-refractivity contribution >= 4 is 71.1 Å². The van der Waals surface area contributed by atoms with Crippen molar-refractivity contribution in [1.29, 1.82) is 0 Å². The number of hydrogen-bond donors (Lipinski definition) is 13. The van der Waals surface area contributed by atoms with Crippen molar-refractivity contribution in [2.45, 2.75) is 125 Å². The van der Waals surface area contributed by atoms with Crippen molar-refractivity contribution in [3.63, 3.8) is 0 Å². The molecule has 0 spiro atoms. The minimum atomic E-state index is -2.60. The van der Waals surface area contributed by atoms with Crippen LogP contribution in [0.25, 0.3) is 22.3 Å². The number of hydrogen-bond acceptors (Lipinski definition) is 24. The SMILES string of the molecule is CC(=O)N[C@H]1[C@H]([C@H](O)[C@H](O)CNC(=O)c2ccc(-c3ccc(O)cc3)cc2)O[C@]([C-]=O)(OCCCSCCNC(=O)c2ccc(C(=O)CCCSCCCO[C@]3(C(=O)[O-])C[C@H](O)[C@@H](NC(C)=O)[C@H]([C@H](O)[C@H](O)CNC(=O)c4ccc(-c5ccc(O)cc5)cc4)O3)cc2)C[C@@H]1O.[Na+].[Na+].[OH-]. The number of aromatic hydroxyl groups is 2. The van der Waals surface area contributed by atoms with E-state index < -0.39 is 128 Å². The Balaban J connectivity index is 0.00000680. The Morgan fingerprint density at radius 1 is 0.551 bits per heavy atom. The summed E-state index contributed by atoms with van der Waals surface area (Å²) in [5.74, 6) is -7.42. The van der Waals surface area contributed by atoms with Crippen LogP contribution >= 0.6 is 23.5 Å². The van der Waals surface area contributed by atoms with Gasteiger partial charge in [-0.15, -0.1) is 0 Å². The summed E-state index contributed by atoms with van der Waals surface area (Å²) in [6, 6.07) is 29.4. The molecular weight excluding hydrogens is 1340 g/mol. The summed E-state index contributed by atoms with van der Waals surface area (Å²) in [7, 11) is 0. The molecular formula is C67H80N5Na2O22S2-. The fraction of sp³-hybridized carbons (Fsp3) is 0.433. The number of amides is 5. The molecule has 2 fully saturated rings. The molecule has 2 saturated heterocycles. The molecule has 27 nitrogen and oxygen atoms in total. The molecule has 0 saturated carbocycles. The van der Waals surface area contributed by atoms with Gasteiger partial charge in [0.2, 0.25) is 17.6 Å². The van der Waals surface area contributed by atoms with Crippen LogP contribution < -0.4 is 90.8 Å². The van der Waals surface area contributed by atoms with Crippen LogP contribution in [0.15, 0.2) is 121 Å². The topological polar surface area (TPSA) is 449 Å². The van der Waals surface area contributed by atoms with Crippen molar-refractivity contribution in [2.24, 2.45) is 0 Å². The standard InChI is InChI=1S/C67H80N5O21S2.2Na.H2O/c1-39(74)71-56-52(79)34-66(38-73,92-60(56)58(83)54(81)36-69-63(86)47-13-7-41(8-14-47)43-19-23-49(76)24-20-43)90-28-4-32-95-33-27-68-62(85)46-17-11-45(12-18-46)51(78)6-3-30-94-31-5-29-91-67(65(88)89)35-53(80)57(72-40(2)75)61(93-67)59(84)55(82)37-70-64(87)48-15-9-42(10-16-48)44-21-25-50(77)26-22-44;;;/h7-26,52-61,76-77,79-84H,3-6,27-37H2,1-2H3,(H,68,85)(H,69,86)(H,70,87)(H,71,74)(H,72,75)(H,88,89);;;1H2/q-1;2*+1;/p-2/t52-,53-,54+,55+,56+,57+,58+,59+,60+,61+,66+,67+;;;/m0.../s1. The third kappa shape index (κ3) is 24.4. The number of aliphatic hydroxyl groups is 6. The quantitative estimate of drug-likeness (QED) is 0.00783. The van der Waals surface area contributed by atoms with Crippen molar-refractivity contribution < 1.29 is 168 Å². The van der Waals surface area contributed by atoms with Gasteiger partial charge >= 0.3 is 59.1 Å². The van der Waals surface area contributed by atoms with Crippen LogP contribution in [0.2, 0.25) is 0 Å². The second-order valence-corrected chi connectivity index (χ2v) is 25.3. The number of carbonyl (C=O) groups is 7. The number of aliphatic carboxylic acids is 1. The van der Waals surface area contributed by atoms with Gasteiger partial charge in [0.25, 0.3) is 17.7 Å². The molecule has 0 radical (unpaired) electrons. The molecule has 12 atom stereocenters. The molecule has 31 heteroatoms. The van der Waals surface area contributed by atoms with Gasteiger partial charge in [-0.1, -0.05) is 60.7 Å². The van der Waals surface area contributed by atoms with E-state index in [1.165, 1.54) is 79.0 Å². The van der Waals surface area contributed by atoms with Crippen molar-refractivity contribution in [3.05, 3.63) is 144 Å². The number of carboxylic acids is 1. The van der Waals surface area contributed by atoms with Crippen molar-refractivity contribution in [2.75, 3.05) is 55.9 Å². The molecule has 0 bridgehead atoms. The maximum Gasteiger partial charge on any atom is 1.00 e. The third-order valence-electron chi connectivity index (χ3n) is 15.7. The van der Waals surface area contributed by atoms with Crippen LogP contribution in [-0.4, -0.2) is 222 Å². The third-order valence-corrected chi connectivity index (χ3v) is 17.9. The van der Waals surface area contributed by atoms with Gasteiger partial charge in [-0.3, -0.25) is 28.8 Å². The molecule has 2 aliphatic heterocycles. The Bertz CT molecular complexity index is 3390. The molecule has 0 aliphatic carbocycles. The summed E-state index contributed by atoms with van der Waals surface area (Å²) in [5, 5.41) is 111. The zero-order chi connectivity index (χ0) is 68.8. The molecule has 5 aromatic rings. The Hall–Kier alpha value is -5.88. The Kier molecular flexibility index (Phi) is 35.5. The zero-order valence-electron chi connectivity index (χ0n) is 54.6. The van der Waals surface area contributed by atoms with Gasteiger partial charge in [-0.2, -0.15) is 23.5 Å². The molecule has 0 aromatic heterocycles. The molecule has 2 aliphatic rings. The summed E-state index contributed by atoms with van der Waals surface area (Å²) in [5.41, 5.74) is 4.34. The minimum absolute atomic E-state index is 0. The fourth-order valence-corrected chi connectivity index (χ4v) is 12.3. The first-order valence-corrected chi connectivity index (χ1v) is 33.0. The fourth-order valence-electron chi connectivity index (χ4n) is 10.6. The van der Waals surface area contributed by atoms with E-state index in [0.29, 0.717) is 47.0 Å². The number of phenolic OH excluding ortho intramolecular Hbond substituents is 2. The molecule has 5 aromatic carbocycles. The van der Waals surface area contributed by atoms with E-state index >= 15 is 0 Å². The van der Waals surface area contributed by atoms with Crippen molar-refractivity contribution in [1.82, 2.24) is 26.6 Å². The van der Waals surface area contributed by atoms with Crippen LogP contribution in [0.4, 0.5) is 0 Å². The number of aliphatic hydroxyl groups excluding tert-OH is 6. The van der Waals surface area contributed by atoms with Crippen LogP contribution in [-0.2, 0) is 38.1 Å². The first kappa shape index (κ1) is 84.5. The van der Waals surface area contributed by atoms with E-state index in [-0.39, 0.29) is 132 Å². The van der Waals surface area contributed by atoms with E-state index in [1.807, 2.05) is 0 Å². The van der Waals surface area contributed by atoms with E-state index in [4.69, 9.17) is 18.9 Å². The van der Waals surface area contributed by atoms with E-state index in [9.17, 15) is 84.3 Å². The summed E-state index contributed by atoms with van der Waals surface area (Å²) in [6.45, 7) is 1.28. The number of rotatable bonds is 35. The van der Waals surface area contributed by atoms with Gasteiger partial charge in [0.1, 0.15) is 41.9 Å². The normalized spacial score (nSPS) is 21.5. The number of ketones is 1. The number of carboxylic acid groups (broad SMARTS) is 1. The van der Waals surface area contributed by atoms with Gasteiger partial charge in [-0.25, -0.2) is 6.29 Å². The van der Waals surface area contributed by atoms with Crippen LogP contribution in [0, 0.1) is 0 Å². The summed E-state index contributed by atoms with van der Waals surface area (Å²) in [6.07, 6.45) is -12.0. The predicted octanol–water partition coefficient (Wildman–Crippen LogP) is -4.90. The van der Waals surface area contributed by atoms with E-state index in [1.54, 1.807) is 79.1 Å². The largest absolute Gasteiger partial charge is 1.00 e. The van der Waals surface area contributed by atoms with E-state index in [2.05, 4.69) is 26.6 Å². The predicted molar refractivity (Wildman–Crippen MR) is 348 cm³/mol. The molecule has 14 N–H and O–H groups in total. The minimum Gasteiger partial charge on any atom is -0.870 e. The molecule has 0 unspecified atom stereocenters. The number of thioether (sulfide) groups is 2. The summed E-state index contributed by atoms with van der Waals surface area (Å²) < 4.78 is 23.2. The average Bonchev–Trinajstić information content (AvgIpc) is 0.779. The maximum atomic E-state index is 13.0. The van der Waals surface area contributed by atoms with Crippen LogP contribution in [0.5, 0.6) is 11.5 Å².